The summed E-state index contributed by atoms with van der Waals surface area (Å²) in [5.41, 5.74) is 3.68. The van der Waals surface area contributed by atoms with Gasteiger partial charge in [-0.3, -0.25) is 9.59 Å². The van der Waals surface area contributed by atoms with Gasteiger partial charge in [0.25, 0.3) is 0 Å². The molecule has 0 heterocycles. The van der Waals surface area contributed by atoms with E-state index in [9.17, 15) is 9.59 Å². The highest BCUT2D eigenvalue weighted by molar-refractivity contribution is 6.35. The molecule has 0 bridgehead atoms. The third kappa shape index (κ3) is 6.50. The minimum absolute atomic E-state index is 0.308. The van der Waals surface area contributed by atoms with Crippen LogP contribution in [0.3, 0.4) is 0 Å². The highest BCUT2D eigenvalue weighted by atomic mass is 35.5. The predicted octanol–water partition coefficient (Wildman–Crippen LogP) is 3.46. The topological polar surface area (TPSA) is 89.0 Å². The quantitative estimate of drug-likeness (QED) is 0.391. The Morgan fingerprint density at radius 2 is 1.79 bits per heavy atom. The maximum absolute atomic E-state index is 12.0. The number of ether oxygens (including phenoxy) is 2. The molecular formula is C21H24ClN3O4. The Kier molecular flexibility index (Phi) is 8.48. The van der Waals surface area contributed by atoms with E-state index < -0.39 is 11.8 Å². The van der Waals surface area contributed by atoms with Crippen LogP contribution in [-0.2, 0) is 9.59 Å². The van der Waals surface area contributed by atoms with E-state index in [0.29, 0.717) is 35.3 Å². The second-order valence-corrected chi connectivity index (χ2v) is 6.41. The number of nitrogens with zero attached hydrogens (tertiary/aromatic N) is 1. The first-order valence-corrected chi connectivity index (χ1v) is 9.62. The van der Waals surface area contributed by atoms with Crippen LogP contribution in [0, 0.1) is 0 Å². The first-order chi connectivity index (χ1) is 14.0. The van der Waals surface area contributed by atoms with Gasteiger partial charge in [-0.25, -0.2) is 5.43 Å². The van der Waals surface area contributed by atoms with Crippen molar-refractivity contribution >= 4 is 29.6 Å². The number of hydrogen-bond donors (Lipinski definition) is 2. The van der Waals surface area contributed by atoms with Gasteiger partial charge in [-0.15, -0.1) is 0 Å². The van der Waals surface area contributed by atoms with Gasteiger partial charge in [-0.1, -0.05) is 41.9 Å². The third-order valence-corrected chi connectivity index (χ3v) is 4.13. The van der Waals surface area contributed by atoms with Crippen molar-refractivity contribution in [1.82, 2.24) is 10.7 Å². The number of benzene rings is 2. The summed E-state index contributed by atoms with van der Waals surface area (Å²) < 4.78 is 11.0. The molecule has 0 aliphatic heterocycles. The Labute approximate surface area is 175 Å². The Morgan fingerprint density at radius 1 is 1.10 bits per heavy atom. The molecule has 0 spiro atoms. The summed E-state index contributed by atoms with van der Waals surface area (Å²) >= 11 is 6.24. The fourth-order valence-corrected chi connectivity index (χ4v) is 2.79. The number of hydrogen-bond acceptors (Lipinski definition) is 5. The minimum atomic E-state index is -0.869. The van der Waals surface area contributed by atoms with E-state index in [0.717, 1.165) is 5.56 Å². The molecule has 0 aromatic heterocycles. The van der Waals surface area contributed by atoms with E-state index in [-0.39, 0.29) is 6.04 Å². The van der Waals surface area contributed by atoms with Crippen LogP contribution in [0.25, 0.3) is 0 Å². The molecule has 29 heavy (non-hydrogen) atoms. The van der Waals surface area contributed by atoms with Crippen LogP contribution in [0.1, 0.15) is 37.9 Å². The largest absolute Gasteiger partial charge is 0.490 e. The summed E-state index contributed by atoms with van der Waals surface area (Å²) in [4.78, 5) is 24.0. The van der Waals surface area contributed by atoms with Crippen molar-refractivity contribution in [2.45, 2.75) is 26.8 Å². The van der Waals surface area contributed by atoms with E-state index in [4.69, 9.17) is 21.1 Å². The Hall–Kier alpha value is -3.06. The van der Waals surface area contributed by atoms with Crippen molar-refractivity contribution in [2.24, 2.45) is 5.10 Å². The van der Waals surface area contributed by atoms with Gasteiger partial charge in [0.15, 0.2) is 11.5 Å². The molecule has 154 valence electrons. The van der Waals surface area contributed by atoms with Crippen molar-refractivity contribution in [3.05, 3.63) is 58.6 Å². The van der Waals surface area contributed by atoms with Gasteiger partial charge in [0.1, 0.15) is 0 Å². The molecular weight excluding hydrogens is 394 g/mol. The molecule has 0 unspecified atom stereocenters. The smallest absolute Gasteiger partial charge is 0.329 e. The zero-order valence-electron chi connectivity index (χ0n) is 16.6. The van der Waals surface area contributed by atoms with E-state index >= 15 is 0 Å². The fraction of sp³-hybridized carbons (Fsp3) is 0.286. The lowest BCUT2D eigenvalue weighted by atomic mass is 10.1. The number of nitrogens with one attached hydrogen (secondary N) is 2. The molecule has 2 aromatic carbocycles. The molecule has 0 radical (unpaired) electrons. The highest BCUT2D eigenvalue weighted by Gasteiger charge is 2.16. The standard InChI is InChI=1S/C21H24ClN3O4/c1-4-28-18-12-15(11-17(22)19(18)29-5-2)13-23-25-21(27)20(26)24-14(3)16-9-7-6-8-10-16/h6-14H,4-5H2,1-3H3,(H,24,26)(H,25,27)/b23-13-/t14-/m1/s1. The summed E-state index contributed by atoms with van der Waals surface area (Å²) in [7, 11) is 0. The zero-order chi connectivity index (χ0) is 21.2. The molecule has 0 saturated heterocycles. The third-order valence-electron chi connectivity index (χ3n) is 3.85. The highest BCUT2D eigenvalue weighted by Crippen LogP contribution is 2.36. The molecule has 0 fully saturated rings. The first kappa shape index (κ1) is 22.2. The summed E-state index contributed by atoms with van der Waals surface area (Å²) in [6.07, 6.45) is 1.37. The number of rotatable bonds is 8. The van der Waals surface area contributed by atoms with Crippen molar-refractivity contribution in [3.8, 4) is 11.5 Å². The Morgan fingerprint density at radius 3 is 2.45 bits per heavy atom. The number of carbonyl (C=O) groups is 2. The molecule has 0 saturated carbocycles. The van der Waals surface area contributed by atoms with E-state index in [1.807, 2.05) is 44.2 Å². The Balaban J connectivity index is 1.99. The van der Waals surface area contributed by atoms with Crippen LogP contribution >= 0.6 is 11.6 Å². The average Bonchev–Trinajstić information content (AvgIpc) is 2.71. The minimum Gasteiger partial charge on any atom is -0.490 e. The SMILES string of the molecule is CCOc1cc(/C=N\NC(=O)C(=O)N[C@H](C)c2ccccc2)cc(Cl)c1OCC. The second-order valence-electron chi connectivity index (χ2n) is 6.00. The van der Waals surface area contributed by atoms with Crippen molar-refractivity contribution in [1.29, 1.82) is 0 Å². The van der Waals surface area contributed by atoms with Gasteiger partial charge in [-0.05, 0) is 44.0 Å². The lowest BCUT2D eigenvalue weighted by Gasteiger charge is -2.13. The fourth-order valence-electron chi connectivity index (χ4n) is 2.51. The molecule has 0 aliphatic rings. The average molecular weight is 418 g/mol. The van der Waals surface area contributed by atoms with Gasteiger partial charge >= 0.3 is 11.8 Å². The number of carbonyl (C=O) groups excluding carboxylic acids is 2. The van der Waals surface area contributed by atoms with Crippen LogP contribution in [0.5, 0.6) is 11.5 Å². The van der Waals surface area contributed by atoms with Gasteiger partial charge in [0.2, 0.25) is 0 Å². The van der Waals surface area contributed by atoms with Gasteiger partial charge in [0.05, 0.1) is 30.5 Å². The summed E-state index contributed by atoms with van der Waals surface area (Å²) in [6, 6.07) is 12.3. The Bertz CT molecular complexity index is 872. The van der Waals surface area contributed by atoms with Crippen molar-refractivity contribution in [2.75, 3.05) is 13.2 Å². The maximum Gasteiger partial charge on any atom is 0.329 e. The molecule has 2 N–H and O–H groups in total. The monoisotopic (exact) mass is 417 g/mol. The van der Waals surface area contributed by atoms with Crippen LogP contribution in [-0.4, -0.2) is 31.2 Å². The number of halogens is 1. The number of hydrazone groups is 1. The summed E-state index contributed by atoms with van der Waals surface area (Å²) in [6.45, 7) is 6.37. The molecule has 2 amide bonds. The summed E-state index contributed by atoms with van der Waals surface area (Å²) in [5, 5.41) is 6.80. The molecule has 1 atom stereocenters. The summed E-state index contributed by atoms with van der Waals surface area (Å²) in [5.74, 6) is -0.722. The van der Waals surface area contributed by atoms with Crippen LogP contribution in [0.4, 0.5) is 0 Å². The van der Waals surface area contributed by atoms with Crippen molar-refractivity contribution < 1.29 is 19.1 Å². The lowest BCUT2D eigenvalue weighted by Crippen LogP contribution is -2.39. The van der Waals surface area contributed by atoms with Crippen LogP contribution in [0.15, 0.2) is 47.6 Å². The molecule has 2 aromatic rings. The van der Waals surface area contributed by atoms with Gasteiger partial charge in [0, 0.05) is 0 Å². The maximum atomic E-state index is 12.0. The molecule has 8 heteroatoms. The van der Waals surface area contributed by atoms with Gasteiger partial charge < -0.3 is 14.8 Å². The van der Waals surface area contributed by atoms with Crippen molar-refractivity contribution in [3.63, 3.8) is 0 Å². The van der Waals surface area contributed by atoms with E-state index in [1.165, 1.54) is 6.21 Å². The molecule has 0 aliphatic carbocycles. The second kappa shape index (κ2) is 11.1. The van der Waals surface area contributed by atoms with E-state index in [1.54, 1.807) is 19.1 Å². The van der Waals surface area contributed by atoms with E-state index in [2.05, 4.69) is 15.8 Å². The zero-order valence-corrected chi connectivity index (χ0v) is 17.3. The normalized spacial score (nSPS) is 11.7. The van der Waals surface area contributed by atoms with Crippen LogP contribution in [0.2, 0.25) is 5.02 Å². The lowest BCUT2D eigenvalue weighted by molar-refractivity contribution is -0.139. The molecule has 7 nitrogen and oxygen atoms in total. The first-order valence-electron chi connectivity index (χ1n) is 9.24. The predicted molar refractivity (Wildman–Crippen MR) is 113 cm³/mol. The van der Waals surface area contributed by atoms with Crippen LogP contribution < -0.4 is 20.2 Å². The molecule has 2 rings (SSSR count). The number of amides is 2. The van der Waals surface area contributed by atoms with Gasteiger partial charge in [-0.2, -0.15) is 5.10 Å².